The molecule has 0 aromatic carbocycles. The van der Waals surface area contributed by atoms with E-state index in [1.165, 1.54) is 4.90 Å². The fraction of sp³-hybridized carbons (Fsp3) is 0.905. The predicted molar refractivity (Wildman–Crippen MR) is 116 cm³/mol. The van der Waals surface area contributed by atoms with Crippen molar-refractivity contribution in [3.63, 3.8) is 0 Å². The highest BCUT2D eigenvalue weighted by atomic mass is 16.6. The molecule has 0 aliphatic heterocycles. The highest BCUT2D eigenvalue weighted by Crippen LogP contribution is 2.08. The van der Waals surface area contributed by atoms with Gasteiger partial charge in [0.2, 0.25) is 0 Å². The van der Waals surface area contributed by atoms with Crippen molar-refractivity contribution >= 4 is 12.1 Å². The molecule has 11 nitrogen and oxygen atoms in total. The minimum atomic E-state index is -0.876. The van der Waals surface area contributed by atoms with Crippen molar-refractivity contribution in [1.82, 2.24) is 4.90 Å². The molecule has 0 heterocycles. The number of hydrogen-bond acceptors (Lipinski definition) is 9. The monoisotopic (exact) mass is 467 g/mol. The number of ether oxygens (including phenoxy) is 7. The highest BCUT2D eigenvalue weighted by molar-refractivity contribution is 5.67. The van der Waals surface area contributed by atoms with E-state index < -0.39 is 11.6 Å². The largest absolute Gasteiger partial charge is 0.481 e. The van der Waals surface area contributed by atoms with Crippen LogP contribution in [0.1, 0.15) is 27.2 Å². The van der Waals surface area contributed by atoms with E-state index in [0.717, 1.165) is 0 Å². The molecule has 0 aromatic rings. The fourth-order valence-corrected chi connectivity index (χ4v) is 1.99. The number of aliphatic carboxylic acids is 1. The second kappa shape index (κ2) is 20.1. The van der Waals surface area contributed by atoms with Gasteiger partial charge in [-0.15, -0.1) is 0 Å². The summed E-state index contributed by atoms with van der Waals surface area (Å²) in [6, 6.07) is 0. The second-order valence-electron chi connectivity index (χ2n) is 7.72. The third-order valence-corrected chi connectivity index (χ3v) is 3.60. The summed E-state index contributed by atoms with van der Waals surface area (Å²) < 4.78 is 37.2. The molecule has 190 valence electrons. The number of rotatable bonds is 21. The quantitative estimate of drug-likeness (QED) is 0.248. The van der Waals surface area contributed by atoms with Gasteiger partial charge in [0.15, 0.2) is 0 Å². The summed E-state index contributed by atoms with van der Waals surface area (Å²) in [6.45, 7) is 11.0. The molecule has 0 aliphatic rings. The smallest absolute Gasteiger partial charge is 0.410 e. The van der Waals surface area contributed by atoms with Crippen LogP contribution in [0.15, 0.2) is 0 Å². The summed E-state index contributed by atoms with van der Waals surface area (Å²) >= 11 is 0. The van der Waals surface area contributed by atoms with Crippen LogP contribution in [-0.4, -0.2) is 121 Å². The van der Waals surface area contributed by atoms with Crippen LogP contribution in [0, 0.1) is 0 Å². The van der Waals surface area contributed by atoms with Gasteiger partial charge >= 0.3 is 12.1 Å². The first-order valence-corrected chi connectivity index (χ1v) is 10.8. The van der Waals surface area contributed by atoms with Gasteiger partial charge in [0.05, 0.1) is 85.7 Å². The lowest BCUT2D eigenvalue weighted by atomic mass is 10.2. The molecule has 1 N–H and O–H groups in total. The van der Waals surface area contributed by atoms with Crippen LogP contribution in [0.25, 0.3) is 0 Å². The number of carboxylic acid groups (broad SMARTS) is 1. The maximum Gasteiger partial charge on any atom is 0.410 e. The first-order chi connectivity index (χ1) is 15.2. The third-order valence-electron chi connectivity index (χ3n) is 3.60. The number of nitrogens with zero attached hydrogens (tertiary/aromatic N) is 1. The molecule has 0 radical (unpaired) electrons. The maximum absolute atomic E-state index is 11.8. The van der Waals surface area contributed by atoms with E-state index in [1.54, 1.807) is 7.05 Å². The molecule has 0 unspecified atom stereocenters. The summed E-state index contributed by atoms with van der Waals surface area (Å²) in [5.41, 5.74) is -0.509. The van der Waals surface area contributed by atoms with Crippen molar-refractivity contribution in [2.75, 3.05) is 92.9 Å². The SMILES string of the molecule is CN(CCOCCOCCOCCOCCOCCOCCC(=O)O)C(=O)OC(C)(C)C. The molecular formula is C21H41NO10. The van der Waals surface area contributed by atoms with Gasteiger partial charge in [-0.3, -0.25) is 4.79 Å². The summed E-state index contributed by atoms with van der Waals surface area (Å²) in [5.74, 6) is -0.876. The van der Waals surface area contributed by atoms with Gasteiger partial charge in [-0.2, -0.15) is 0 Å². The lowest BCUT2D eigenvalue weighted by molar-refractivity contribution is -0.138. The lowest BCUT2D eigenvalue weighted by Crippen LogP contribution is -2.36. The summed E-state index contributed by atoms with van der Waals surface area (Å²) in [6.07, 6.45) is -0.373. The van der Waals surface area contributed by atoms with E-state index in [-0.39, 0.29) is 19.1 Å². The Bertz CT molecular complexity index is 470. The van der Waals surface area contributed by atoms with Crippen LogP contribution >= 0.6 is 0 Å². The maximum atomic E-state index is 11.8. The Morgan fingerprint density at radius 2 is 1.00 bits per heavy atom. The van der Waals surface area contributed by atoms with E-state index in [4.69, 9.17) is 38.3 Å². The van der Waals surface area contributed by atoms with Crippen LogP contribution in [0.3, 0.4) is 0 Å². The molecule has 0 fully saturated rings. The van der Waals surface area contributed by atoms with Crippen molar-refractivity contribution in [2.24, 2.45) is 0 Å². The third kappa shape index (κ3) is 23.2. The Labute approximate surface area is 191 Å². The number of amides is 1. The van der Waals surface area contributed by atoms with Crippen LogP contribution in [0.2, 0.25) is 0 Å². The van der Waals surface area contributed by atoms with Crippen LogP contribution in [0.5, 0.6) is 0 Å². The first-order valence-electron chi connectivity index (χ1n) is 10.8. The number of carbonyl (C=O) groups excluding carboxylic acids is 1. The van der Waals surface area contributed by atoms with E-state index in [1.807, 2.05) is 20.8 Å². The van der Waals surface area contributed by atoms with Crippen molar-refractivity contribution in [2.45, 2.75) is 32.8 Å². The lowest BCUT2D eigenvalue weighted by Gasteiger charge is -2.24. The van der Waals surface area contributed by atoms with E-state index >= 15 is 0 Å². The molecule has 0 saturated heterocycles. The molecule has 0 saturated carbocycles. The summed E-state index contributed by atoms with van der Waals surface area (Å²) in [7, 11) is 1.67. The molecule has 0 spiro atoms. The number of hydrogen-bond donors (Lipinski definition) is 1. The number of likely N-dealkylation sites (N-methyl/N-ethyl adjacent to an activating group) is 1. The zero-order valence-corrected chi connectivity index (χ0v) is 20.0. The molecule has 1 amide bonds. The minimum absolute atomic E-state index is 0.00285. The van der Waals surface area contributed by atoms with Crippen molar-refractivity contribution in [3.8, 4) is 0 Å². The topological polar surface area (TPSA) is 122 Å². The van der Waals surface area contributed by atoms with Crippen molar-refractivity contribution < 1.29 is 47.9 Å². The summed E-state index contributed by atoms with van der Waals surface area (Å²) in [4.78, 5) is 23.5. The fourth-order valence-electron chi connectivity index (χ4n) is 1.99. The minimum Gasteiger partial charge on any atom is -0.481 e. The zero-order valence-electron chi connectivity index (χ0n) is 20.0. The van der Waals surface area contributed by atoms with Gasteiger partial charge in [-0.05, 0) is 20.8 Å². The van der Waals surface area contributed by atoms with Crippen LogP contribution < -0.4 is 0 Å². The Hall–Kier alpha value is -1.50. The van der Waals surface area contributed by atoms with E-state index in [2.05, 4.69) is 0 Å². The summed E-state index contributed by atoms with van der Waals surface area (Å²) in [5, 5.41) is 8.45. The van der Waals surface area contributed by atoms with Gasteiger partial charge in [-0.1, -0.05) is 0 Å². The molecule has 32 heavy (non-hydrogen) atoms. The zero-order chi connectivity index (χ0) is 24.1. The first kappa shape index (κ1) is 30.5. The molecule has 11 heteroatoms. The van der Waals surface area contributed by atoms with Crippen LogP contribution in [0.4, 0.5) is 4.79 Å². The normalized spacial score (nSPS) is 11.5. The second-order valence-corrected chi connectivity index (χ2v) is 7.72. The van der Waals surface area contributed by atoms with Crippen molar-refractivity contribution in [1.29, 1.82) is 0 Å². The Morgan fingerprint density at radius 3 is 1.34 bits per heavy atom. The van der Waals surface area contributed by atoms with Gasteiger partial charge in [-0.25, -0.2) is 4.79 Å². The number of carbonyl (C=O) groups is 2. The molecule has 0 rings (SSSR count). The molecule has 0 atom stereocenters. The van der Waals surface area contributed by atoms with Gasteiger partial charge in [0.1, 0.15) is 5.60 Å². The Balaban J connectivity index is 3.22. The average molecular weight is 468 g/mol. The molecule has 0 aromatic heterocycles. The van der Waals surface area contributed by atoms with Gasteiger partial charge in [0.25, 0.3) is 0 Å². The predicted octanol–water partition coefficient (Wildman–Crippen LogP) is 1.43. The van der Waals surface area contributed by atoms with Gasteiger partial charge < -0.3 is 43.2 Å². The molecule has 0 bridgehead atoms. The van der Waals surface area contributed by atoms with Crippen LogP contribution in [-0.2, 0) is 38.0 Å². The Morgan fingerprint density at radius 1 is 0.656 bits per heavy atom. The Kier molecular flexibility index (Phi) is 19.2. The van der Waals surface area contributed by atoms with Gasteiger partial charge in [0, 0.05) is 13.6 Å². The average Bonchev–Trinajstić information content (AvgIpc) is 2.70. The number of carboxylic acids is 1. The molecule has 0 aliphatic carbocycles. The van der Waals surface area contributed by atoms with E-state index in [0.29, 0.717) is 79.2 Å². The van der Waals surface area contributed by atoms with E-state index in [9.17, 15) is 9.59 Å². The van der Waals surface area contributed by atoms with Crippen molar-refractivity contribution in [3.05, 3.63) is 0 Å². The standard InChI is InChI=1S/C21H41NO10/c1-21(2,3)32-20(25)22(4)6-8-27-10-12-29-14-16-31-18-17-30-15-13-28-11-9-26-7-5-19(23)24/h5-18H2,1-4H3,(H,23,24). The molecular weight excluding hydrogens is 426 g/mol. The highest BCUT2D eigenvalue weighted by Gasteiger charge is 2.19.